The molecule has 0 aliphatic carbocycles. The highest BCUT2D eigenvalue weighted by atomic mass is 32.2. The van der Waals surface area contributed by atoms with E-state index in [-0.39, 0.29) is 17.1 Å². The first kappa shape index (κ1) is 20.9. The molecule has 0 aliphatic heterocycles. The minimum absolute atomic E-state index is 0.106. The fraction of sp³-hybridized carbons (Fsp3) is 0.318. The zero-order chi connectivity index (χ0) is 20.8. The van der Waals surface area contributed by atoms with Gasteiger partial charge in [0, 0.05) is 31.9 Å². The molecule has 6 nitrogen and oxygen atoms in total. The number of amides is 1. The molecule has 1 aromatic heterocycles. The van der Waals surface area contributed by atoms with Crippen molar-refractivity contribution in [2.75, 3.05) is 24.3 Å². The second-order valence-electron chi connectivity index (χ2n) is 7.17. The zero-order valence-electron chi connectivity index (χ0n) is 17.1. The third-order valence-electron chi connectivity index (χ3n) is 4.60. The van der Waals surface area contributed by atoms with E-state index < -0.39 is 0 Å². The average Bonchev–Trinajstić information content (AvgIpc) is 3.15. The second kappa shape index (κ2) is 9.60. The summed E-state index contributed by atoms with van der Waals surface area (Å²) >= 11 is 1.26. The summed E-state index contributed by atoms with van der Waals surface area (Å²) in [6.07, 6.45) is 0.663. The number of carbonyl (C=O) groups is 1. The van der Waals surface area contributed by atoms with Crippen LogP contribution in [0.3, 0.4) is 0 Å². The summed E-state index contributed by atoms with van der Waals surface area (Å²) in [7, 11) is 3.96. The Morgan fingerprint density at radius 1 is 1.07 bits per heavy atom. The molecule has 0 spiro atoms. The number of nitrogens with zero attached hydrogens (tertiary/aromatic N) is 3. The van der Waals surface area contributed by atoms with E-state index in [1.54, 1.807) is 0 Å². The fourth-order valence-electron chi connectivity index (χ4n) is 2.82. The molecular formula is C22H26N4O2S. The van der Waals surface area contributed by atoms with Crippen LogP contribution in [0.25, 0.3) is 0 Å². The van der Waals surface area contributed by atoms with Crippen LogP contribution in [-0.2, 0) is 11.2 Å². The van der Waals surface area contributed by atoms with Crippen LogP contribution >= 0.6 is 11.8 Å². The van der Waals surface area contributed by atoms with Crippen LogP contribution in [-0.4, -0.2) is 35.4 Å². The first-order valence-electron chi connectivity index (χ1n) is 9.54. The molecule has 152 valence electrons. The van der Waals surface area contributed by atoms with Crippen molar-refractivity contribution in [1.29, 1.82) is 0 Å². The van der Waals surface area contributed by atoms with Gasteiger partial charge in [-0.15, -0.1) is 10.2 Å². The monoisotopic (exact) mass is 410 g/mol. The lowest BCUT2D eigenvalue weighted by atomic mass is 9.98. The highest BCUT2D eigenvalue weighted by Crippen LogP contribution is 2.26. The first-order chi connectivity index (χ1) is 13.9. The number of benzene rings is 2. The number of hydrogen-bond donors (Lipinski definition) is 1. The van der Waals surface area contributed by atoms with Crippen LogP contribution in [0, 0.1) is 0 Å². The molecule has 1 amide bonds. The van der Waals surface area contributed by atoms with Crippen LogP contribution in [0.1, 0.15) is 31.2 Å². The van der Waals surface area contributed by atoms with Gasteiger partial charge in [0.25, 0.3) is 5.22 Å². The van der Waals surface area contributed by atoms with Gasteiger partial charge in [-0.25, -0.2) is 0 Å². The molecule has 1 N–H and O–H groups in total. The Kier molecular flexibility index (Phi) is 6.93. The molecule has 0 saturated carbocycles. The molecule has 2 unspecified atom stereocenters. The van der Waals surface area contributed by atoms with Gasteiger partial charge in [-0.1, -0.05) is 49.0 Å². The molecule has 2 atom stereocenters. The van der Waals surface area contributed by atoms with Crippen molar-refractivity contribution in [2.24, 2.45) is 0 Å². The van der Waals surface area contributed by atoms with E-state index in [9.17, 15) is 4.79 Å². The van der Waals surface area contributed by atoms with E-state index in [1.807, 2.05) is 68.4 Å². The normalized spacial score (nSPS) is 13.0. The van der Waals surface area contributed by atoms with Crippen molar-refractivity contribution < 1.29 is 9.21 Å². The van der Waals surface area contributed by atoms with Gasteiger partial charge in [-0.05, 0) is 42.7 Å². The Hall–Kier alpha value is -2.80. The molecule has 3 aromatic rings. The summed E-state index contributed by atoms with van der Waals surface area (Å²) < 4.78 is 5.74. The third kappa shape index (κ3) is 5.84. The molecule has 3 rings (SSSR count). The molecule has 0 bridgehead atoms. The van der Waals surface area contributed by atoms with Gasteiger partial charge in [-0.2, -0.15) is 0 Å². The van der Waals surface area contributed by atoms with Gasteiger partial charge in [0.2, 0.25) is 11.8 Å². The molecule has 0 aliphatic rings. The average molecular weight is 411 g/mol. The fourth-order valence-corrected chi connectivity index (χ4v) is 3.52. The van der Waals surface area contributed by atoms with E-state index in [2.05, 4.69) is 34.6 Å². The maximum atomic E-state index is 12.5. The van der Waals surface area contributed by atoms with Gasteiger partial charge in [0.1, 0.15) is 0 Å². The van der Waals surface area contributed by atoms with E-state index in [0.717, 1.165) is 11.4 Å². The second-order valence-corrected chi connectivity index (χ2v) is 8.46. The predicted octanol–water partition coefficient (Wildman–Crippen LogP) is 4.60. The summed E-state index contributed by atoms with van der Waals surface area (Å²) in [6.45, 7) is 3.95. The minimum atomic E-state index is -0.358. The molecule has 2 aromatic carbocycles. The quantitative estimate of drug-likeness (QED) is 0.547. The summed E-state index contributed by atoms with van der Waals surface area (Å²) in [5.41, 5.74) is 3.07. The molecule has 0 saturated heterocycles. The lowest BCUT2D eigenvalue weighted by molar-refractivity contribution is -0.115. The van der Waals surface area contributed by atoms with Crippen molar-refractivity contribution >= 4 is 29.0 Å². The predicted molar refractivity (Wildman–Crippen MR) is 118 cm³/mol. The highest BCUT2D eigenvalue weighted by molar-refractivity contribution is 8.00. The minimum Gasteiger partial charge on any atom is -0.416 e. The van der Waals surface area contributed by atoms with E-state index in [0.29, 0.717) is 17.5 Å². The standard InChI is InChI=1S/C22H26N4O2S/c1-15(17-8-6-5-7-9-17)14-20-24-25-22(28-20)29-16(2)21(27)23-18-10-12-19(13-11-18)26(3)4/h5-13,15-16H,14H2,1-4H3,(H,23,27). The third-order valence-corrected chi connectivity index (χ3v) is 5.53. The van der Waals surface area contributed by atoms with Gasteiger partial charge in [-0.3, -0.25) is 4.79 Å². The Labute approximate surface area is 175 Å². The van der Waals surface area contributed by atoms with Crippen LogP contribution in [0.15, 0.2) is 64.2 Å². The maximum absolute atomic E-state index is 12.5. The smallest absolute Gasteiger partial charge is 0.277 e. The van der Waals surface area contributed by atoms with Crippen molar-refractivity contribution in [1.82, 2.24) is 10.2 Å². The summed E-state index contributed by atoms with van der Waals surface area (Å²) in [5.74, 6) is 0.751. The lowest BCUT2D eigenvalue weighted by Crippen LogP contribution is -2.22. The van der Waals surface area contributed by atoms with E-state index in [1.165, 1.54) is 17.3 Å². The van der Waals surface area contributed by atoms with Crippen molar-refractivity contribution in [3.8, 4) is 0 Å². The highest BCUT2D eigenvalue weighted by Gasteiger charge is 2.19. The van der Waals surface area contributed by atoms with Crippen molar-refractivity contribution in [3.63, 3.8) is 0 Å². The Balaban J connectivity index is 1.53. The molecule has 29 heavy (non-hydrogen) atoms. The number of thioether (sulfide) groups is 1. The van der Waals surface area contributed by atoms with Gasteiger partial charge in [0.05, 0.1) is 5.25 Å². The van der Waals surface area contributed by atoms with Crippen LogP contribution in [0.2, 0.25) is 0 Å². The molecule has 0 fully saturated rings. The number of carbonyl (C=O) groups excluding carboxylic acids is 1. The number of hydrogen-bond acceptors (Lipinski definition) is 6. The maximum Gasteiger partial charge on any atom is 0.277 e. The first-order valence-corrected chi connectivity index (χ1v) is 10.4. The van der Waals surface area contributed by atoms with Gasteiger partial charge < -0.3 is 14.6 Å². The Morgan fingerprint density at radius 3 is 2.41 bits per heavy atom. The summed E-state index contributed by atoms with van der Waals surface area (Å²) in [5, 5.41) is 11.2. The van der Waals surface area contributed by atoms with Gasteiger partial charge in [0.15, 0.2) is 0 Å². The molecular weight excluding hydrogens is 384 g/mol. The number of nitrogens with one attached hydrogen (secondary N) is 1. The van der Waals surface area contributed by atoms with Crippen molar-refractivity contribution in [3.05, 3.63) is 66.1 Å². The van der Waals surface area contributed by atoms with Crippen LogP contribution < -0.4 is 10.2 Å². The number of rotatable bonds is 8. The number of aromatic nitrogens is 2. The Bertz CT molecular complexity index is 926. The summed E-state index contributed by atoms with van der Waals surface area (Å²) in [4.78, 5) is 14.5. The number of anilines is 2. The van der Waals surface area contributed by atoms with E-state index >= 15 is 0 Å². The van der Waals surface area contributed by atoms with Crippen LogP contribution in [0.4, 0.5) is 11.4 Å². The van der Waals surface area contributed by atoms with Gasteiger partial charge >= 0.3 is 0 Å². The van der Waals surface area contributed by atoms with E-state index in [4.69, 9.17) is 4.42 Å². The topological polar surface area (TPSA) is 71.3 Å². The summed E-state index contributed by atoms with van der Waals surface area (Å²) in [6, 6.07) is 17.9. The molecule has 7 heteroatoms. The molecule has 0 radical (unpaired) electrons. The Morgan fingerprint density at radius 2 is 1.76 bits per heavy atom. The van der Waals surface area contributed by atoms with Crippen LogP contribution in [0.5, 0.6) is 0 Å². The largest absolute Gasteiger partial charge is 0.416 e. The van der Waals surface area contributed by atoms with Crippen molar-refractivity contribution in [2.45, 2.75) is 36.7 Å². The zero-order valence-corrected chi connectivity index (χ0v) is 17.9. The lowest BCUT2D eigenvalue weighted by Gasteiger charge is -2.14. The molecule has 1 heterocycles. The SMILES string of the molecule is CC(Sc1nnc(CC(C)c2ccccc2)o1)C(=O)Nc1ccc(N(C)C)cc1.